The molecule has 1 heterocycles. The number of hydrogen-bond donors (Lipinski definition) is 1. The number of thioether (sulfide) groups is 2. The fraction of sp³-hybridized carbons (Fsp3) is 0.389. The number of nitrogens with one attached hydrogen (secondary N) is 1. The van der Waals surface area contributed by atoms with Crippen molar-refractivity contribution >= 4 is 35.1 Å². The molecule has 1 fully saturated rings. The normalized spacial score (nSPS) is 13.6. The van der Waals surface area contributed by atoms with Crippen LogP contribution in [0.15, 0.2) is 47.0 Å². The van der Waals surface area contributed by atoms with Gasteiger partial charge in [-0.15, -0.1) is 28.5 Å². The summed E-state index contributed by atoms with van der Waals surface area (Å²) in [6, 6.07) is 7.84. The number of amides is 1. The van der Waals surface area contributed by atoms with Crippen molar-refractivity contribution in [3.63, 3.8) is 0 Å². The van der Waals surface area contributed by atoms with Crippen molar-refractivity contribution in [2.24, 2.45) is 0 Å². The van der Waals surface area contributed by atoms with Crippen LogP contribution in [-0.2, 0) is 11.3 Å². The fourth-order valence-electron chi connectivity index (χ4n) is 2.55. The number of nitrogens with zero attached hydrogens (tertiary/aromatic N) is 3. The molecule has 0 unspecified atom stereocenters. The Morgan fingerprint density at radius 3 is 2.92 bits per heavy atom. The Morgan fingerprint density at radius 1 is 1.40 bits per heavy atom. The average molecular weight is 375 g/mol. The summed E-state index contributed by atoms with van der Waals surface area (Å²) in [5.41, 5.74) is 0.871. The van der Waals surface area contributed by atoms with Crippen LogP contribution in [-0.4, -0.2) is 32.7 Å². The van der Waals surface area contributed by atoms with E-state index >= 15 is 0 Å². The lowest BCUT2D eigenvalue weighted by atomic mass is 10.3. The zero-order valence-corrected chi connectivity index (χ0v) is 15.9. The molecule has 132 valence electrons. The van der Waals surface area contributed by atoms with E-state index in [0.29, 0.717) is 24.6 Å². The molecule has 1 saturated carbocycles. The van der Waals surface area contributed by atoms with Crippen LogP contribution in [0.25, 0.3) is 0 Å². The lowest BCUT2D eigenvalue weighted by Crippen LogP contribution is -2.13. The first-order valence-corrected chi connectivity index (χ1v) is 10.5. The second kappa shape index (κ2) is 8.58. The predicted molar refractivity (Wildman–Crippen MR) is 104 cm³/mol. The van der Waals surface area contributed by atoms with Gasteiger partial charge in [-0.05, 0) is 31.2 Å². The van der Waals surface area contributed by atoms with Gasteiger partial charge in [-0.1, -0.05) is 30.0 Å². The van der Waals surface area contributed by atoms with Crippen LogP contribution < -0.4 is 5.32 Å². The molecule has 0 spiro atoms. The second-order valence-electron chi connectivity index (χ2n) is 5.86. The number of anilines is 1. The van der Waals surface area contributed by atoms with Gasteiger partial charge in [0.2, 0.25) is 5.91 Å². The summed E-state index contributed by atoms with van der Waals surface area (Å²) in [4.78, 5) is 13.3. The Morgan fingerprint density at radius 2 is 2.20 bits per heavy atom. The van der Waals surface area contributed by atoms with Gasteiger partial charge in [-0.25, -0.2) is 0 Å². The van der Waals surface area contributed by atoms with Crippen molar-refractivity contribution < 1.29 is 4.79 Å². The summed E-state index contributed by atoms with van der Waals surface area (Å²) < 4.78 is 2.12. The zero-order valence-electron chi connectivity index (χ0n) is 14.3. The van der Waals surface area contributed by atoms with E-state index < -0.39 is 0 Å². The molecule has 0 aliphatic heterocycles. The third-order valence-corrected chi connectivity index (χ3v) is 5.71. The van der Waals surface area contributed by atoms with Crippen molar-refractivity contribution in [3.05, 3.63) is 42.7 Å². The quantitative estimate of drug-likeness (QED) is 0.527. The number of aromatic nitrogens is 3. The third-order valence-electron chi connectivity index (χ3n) is 3.94. The molecule has 25 heavy (non-hydrogen) atoms. The highest BCUT2D eigenvalue weighted by molar-refractivity contribution is 7.99. The van der Waals surface area contributed by atoms with Gasteiger partial charge in [0.25, 0.3) is 0 Å². The summed E-state index contributed by atoms with van der Waals surface area (Å²) in [6.07, 6.45) is 6.69. The number of hydrogen-bond acceptors (Lipinski definition) is 5. The third kappa shape index (κ3) is 4.67. The van der Waals surface area contributed by atoms with Gasteiger partial charge in [0, 0.05) is 29.5 Å². The van der Waals surface area contributed by atoms with Crippen LogP contribution >= 0.6 is 23.5 Å². The molecule has 5 nitrogen and oxygen atoms in total. The first-order chi connectivity index (χ1) is 12.2. The molecule has 0 bridgehead atoms. The SMILES string of the molecule is C=CCn1c(SCCC(=O)Nc2ccccc2SC)nnc1C1CC1. The smallest absolute Gasteiger partial charge is 0.225 e. The molecule has 0 radical (unpaired) electrons. The summed E-state index contributed by atoms with van der Waals surface area (Å²) in [7, 11) is 0. The monoisotopic (exact) mass is 374 g/mol. The first kappa shape index (κ1) is 18.1. The summed E-state index contributed by atoms with van der Waals surface area (Å²) in [5, 5.41) is 12.5. The average Bonchev–Trinajstić information content (AvgIpc) is 3.39. The molecule has 1 amide bonds. The van der Waals surface area contributed by atoms with Crippen LogP contribution in [0.3, 0.4) is 0 Å². The molecule has 1 aliphatic rings. The lowest BCUT2D eigenvalue weighted by Gasteiger charge is -2.09. The van der Waals surface area contributed by atoms with Gasteiger partial charge < -0.3 is 9.88 Å². The van der Waals surface area contributed by atoms with Gasteiger partial charge >= 0.3 is 0 Å². The molecular formula is C18H22N4OS2. The van der Waals surface area contributed by atoms with E-state index in [9.17, 15) is 4.79 Å². The molecule has 0 atom stereocenters. The molecule has 2 aromatic rings. The maximum Gasteiger partial charge on any atom is 0.225 e. The second-order valence-corrected chi connectivity index (χ2v) is 7.77. The van der Waals surface area contributed by atoms with Crippen LogP contribution in [0.5, 0.6) is 0 Å². The predicted octanol–water partition coefficient (Wildman–Crippen LogP) is 4.18. The summed E-state index contributed by atoms with van der Waals surface area (Å²) in [6.45, 7) is 4.53. The number of benzene rings is 1. The highest BCUT2D eigenvalue weighted by atomic mass is 32.2. The van der Waals surface area contributed by atoms with Crippen LogP contribution in [0.4, 0.5) is 5.69 Å². The van der Waals surface area contributed by atoms with E-state index in [1.54, 1.807) is 23.5 Å². The molecule has 1 aromatic carbocycles. The maximum atomic E-state index is 12.2. The molecule has 0 saturated heterocycles. The molecule has 7 heteroatoms. The molecule has 1 aromatic heterocycles. The van der Waals surface area contributed by atoms with E-state index in [-0.39, 0.29) is 5.91 Å². The maximum absolute atomic E-state index is 12.2. The van der Waals surface area contributed by atoms with Gasteiger partial charge in [0.15, 0.2) is 5.16 Å². The van der Waals surface area contributed by atoms with Crippen LogP contribution in [0.1, 0.15) is 31.0 Å². The van der Waals surface area contributed by atoms with Crippen molar-refractivity contribution in [3.8, 4) is 0 Å². The van der Waals surface area contributed by atoms with Crippen molar-refractivity contribution in [2.75, 3.05) is 17.3 Å². The van der Waals surface area contributed by atoms with E-state index in [1.807, 2.05) is 36.6 Å². The topological polar surface area (TPSA) is 59.8 Å². The van der Waals surface area contributed by atoms with Gasteiger partial charge in [-0.2, -0.15) is 0 Å². The van der Waals surface area contributed by atoms with Gasteiger partial charge in [-0.3, -0.25) is 4.79 Å². The largest absolute Gasteiger partial charge is 0.325 e. The Hall–Kier alpha value is -1.73. The molecule has 3 rings (SSSR count). The minimum absolute atomic E-state index is 0.0196. The zero-order chi connectivity index (χ0) is 17.6. The van der Waals surface area contributed by atoms with Gasteiger partial charge in [0.1, 0.15) is 5.82 Å². The van der Waals surface area contributed by atoms with Crippen molar-refractivity contribution in [2.45, 2.75) is 41.8 Å². The Bertz CT molecular complexity index is 755. The van der Waals surface area contributed by atoms with Gasteiger partial charge in [0.05, 0.1) is 5.69 Å². The Kier molecular flexibility index (Phi) is 6.20. The highest BCUT2D eigenvalue weighted by Crippen LogP contribution is 2.40. The van der Waals surface area contributed by atoms with Crippen molar-refractivity contribution in [1.82, 2.24) is 14.8 Å². The van der Waals surface area contributed by atoms with E-state index in [4.69, 9.17) is 0 Å². The van der Waals surface area contributed by atoms with E-state index in [2.05, 4.69) is 26.7 Å². The lowest BCUT2D eigenvalue weighted by molar-refractivity contribution is -0.115. The number of allylic oxidation sites excluding steroid dienone is 1. The minimum atomic E-state index is 0.0196. The molecular weight excluding hydrogens is 352 g/mol. The van der Waals surface area contributed by atoms with Crippen LogP contribution in [0, 0.1) is 0 Å². The number of carbonyl (C=O) groups excluding carboxylic acids is 1. The molecule has 1 N–H and O–H groups in total. The number of para-hydroxylation sites is 1. The summed E-state index contributed by atoms with van der Waals surface area (Å²) >= 11 is 3.20. The Labute approximate surface area is 156 Å². The standard InChI is InChI=1S/C18H22N4OS2/c1-3-11-22-17(13-8-9-13)20-21-18(22)25-12-10-16(23)19-14-6-4-5-7-15(14)24-2/h3-7,13H,1,8-12H2,2H3,(H,19,23). The first-order valence-electron chi connectivity index (χ1n) is 8.32. The molecule has 1 aliphatic carbocycles. The minimum Gasteiger partial charge on any atom is -0.325 e. The van der Waals surface area contributed by atoms with Crippen LogP contribution in [0.2, 0.25) is 0 Å². The van der Waals surface area contributed by atoms with Crippen molar-refractivity contribution in [1.29, 1.82) is 0 Å². The van der Waals surface area contributed by atoms with E-state index in [1.165, 1.54) is 12.8 Å². The highest BCUT2D eigenvalue weighted by Gasteiger charge is 2.30. The number of carbonyl (C=O) groups is 1. The number of rotatable bonds is 9. The van der Waals surface area contributed by atoms with E-state index in [0.717, 1.165) is 21.6 Å². The summed E-state index contributed by atoms with van der Waals surface area (Å²) in [5.74, 6) is 2.30. The fourth-order valence-corrected chi connectivity index (χ4v) is 3.99. The Balaban J connectivity index is 1.54.